The Bertz CT molecular complexity index is 292. The lowest BCUT2D eigenvalue weighted by Crippen LogP contribution is -2.57. The van der Waals surface area contributed by atoms with Crippen LogP contribution in [0.15, 0.2) is 0 Å². The highest BCUT2D eigenvalue weighted by Gasteiger charge is 2.29. The predicted molar refractivity (Wildman–Crippen MR) is 51.1 cm³/mol. The molecule has 0 saturated carbocycles. The van der Waals surface area contributed by atoms with Gasteiger partial charge in [0.2, 0.25) is 17.7 Å². The van der Waals surface area contributed by atoms with E-state index in [-0.39, 0.29) is 30.7 Å². The van der Waals surface area contributed by atoms with Crippen molar-refractivity contribution in [2.75, 3.05) is 13.1 Å². The molecule has 0 aromatic heterocycles. The minimum atomic E-state index is -0.395. The van der Waals surface area contributed by atoms with Crippen LogP contribution in [0.5, 0.6) is 0 Å². The van der Waals surface area contributed by atoms with Gasteiger partial charge in [0.05, 0.1) is 12.6 Å². The Balaban J connectivity index is 2.49. The number of nitrogens with two attached hydrogens (primary N) is 1. The number of carbonyl (C=O) groups is 3. The van der Waals surface area contributed by atoms with Gasteiger partial charge in [0.15, 0.2) is 0 Å². The second-order valence-corrected chi connectivity index (χ2v) is 3.38. The molecule has 15 heavy (non-hydrogen) atoms. The van der Waals surface area contributed by atoms with Crippen LogP contribution >= 0.6 is 0 Å². The summed E-state index contributed by atoms with van der Waals surface area (Å²) >= 11 is 0. The van der Waals surface area contributed by atoms with Gasteiger partial charge in [-0.2, -0.15) is 0 Å². The first-order valence-corrected chi connectivity index (χ1v) is 4.61. The highest BCUT2D eigenvalue weighted by atomic mass is 16.2. The second kappa shape index (κ2) is 4.85. The number of hydrogen-bond acceptors (Lipinski definition) is 5. The summed E-state index contributed by atoms with van der Waals surface area (Å²) in [4.78, 5) is 34.8. The molecule has 0 spiro atoms. The summed E-state index contributed by atoms with van der Waals surface area (Å²) in [6.45, 7) is 2.15. The molecule has 1 fully saturated rings. The maximum Gasteiger partial charge on any atom is 0.243 e. The quantitative estimate of drug-likeness (QED) is 0.212. The fraction of sp³-hybridized carbons (Fsp3) is 0.625. The minimum absolute atomic E-state index is 0.130. The van der Waals surface area contributed by atoms with Crippen LogP contribution in [0.25, 0.3) is 0 Å². The third-order valence-corrected chi connectivity index (χ3v) is 2.32. The highest BCUT2D eigenvalue weighted by molar-refractivity contribution is 6.00. The molecule has 1 saturated heterocycles. The molecule has 1 aliphatic heterocycles. The van der Waals surface area contributed by atoms with Gasteiger partial charge < -0.3 is 0 Å². The number of rotatable bonds is 3. The molecule has 1 heterocycles. The molecule has 1 atom stereocenters. The zero-order chi connectivity index (χ0) is 11.4. The summed E-state index contributed by atoms with van der Waals surface area (Å²) in [5, 5.41) is 2.22. The third-order valence-electron chi connectivity index (χ3n) is 2.32. The first-order chi connectivity index (χ1) is 7.04. The van der Waals surface area contributed by atoms with E-state index in [0.717, 1.165) is 0 Å². The van der Waals surface area contributed by atoms with Gasteiger partial charge in [0, 0.05) is 13.0 Å². The van der Waals surface area contributed by atoms with Crippen molar-refractivity contribution in [3.05, 3.63) is 0 Å². The lowest BCUT2D eigenvalue weighted by molar-refractivity contribution is -0.140. The first-order valence-electron chi connectivity index (χ1n) is 4.61. The zero-order valence-electron chi connectivity index (χ0n) is 8.45. The highest BCUT2D eigenvalue weighted by Crippen LogP contribution is 2.04. The molecular weight excluding hydrogens is 200 g/mol. The summed E-state index contributed by atoms with van der Waals surface area (Å²) in [6, 6.07) is -0.395. The van der Waals surface area contributed by atoms with E-state index in [1.807, 2.05) is 5.43 Å². The van der Waals surface area contributed by atoms with E-state index in [0.29, 0.717) is 6.54 Å². The molecule has 0 aromatic rings. The molecule has 0 aromatic carbocycles. The van der Waals surface area contributed by atoms with Crippen molar-refractivity contribution in [2.24, 2.45) is 5.84 Å². The van der Waals surface area contributed by atoms with Crippen LogP contribution in [-0.2, 0) is 14.4 Å². The molecule has 0 radical (unpaired) electrons. The van der Waals surface area contributed by atoms with Gasteiger partial charge in [-0.25, -0.2) is 5.84 Å². The summed E-state index contributed by atoms with van der Waals surface area (Å²) in [5.74, 6) is 3.92. The Morgan fingerprint density at radius 3 is 2.93 bits per heavy atom. The fourth-order valence-electron chi connectivity index (χ4n) is 1.36. The largest absolute Gasteiger partial charge is 0.294 e. The van der Waals surface area contributed by atoms with Gasteiger partial charge >= 0.3 is 0 Å². The molecule has 7 heteroatoms. The molecule has 1 aliphatic rings. The van der Waals surface area contributed by atoms with E-state index in [4.69, 9.17) is 5.84 Å². The number of carbonyl (C=O) groups excluding carboxylic acids is 3. The number of piperazine rings is 1. The van der Waals surface area contributed by atoms with E-state index in [1.165, 1.54) is 0 Å². The zero-order valence-corrected chi connectivity index (χ0v) is 8.45. The molecule has 3 amide bonds. The van der Waals surface area contributed by atoms with Crippen LogP contribution in [0.3, 0.4) is 0 Å². The van der Waals surface area contributed by atoms with Gasteiger partial charge in [0.25, 0.3) is 0 Å². The van der Waals surface area contributed by atoms with E-state index < -0.39 is 6.04 Å². The molecule has 1 rings (SSSR count). The smallest absolute Gasteiger partial charge is 0.243 e. The monoisotopic (exact) mass is 214 g/mol. The van der Waals surface area contributed by atoms with Crippen molar-refractivity contribution < 1.29 is 14.4 Å². The Morgan fingerprint density at radius 2 is 2.33 bits per heavy atom. The van der Waals surface area contributed by atoms with Gasteiger partial charge in [-0.1, -0.05) is 0 Å². The Morgan fingerprint density at radius 1 is 1.67 bits per heavy atom. The van der Waals surface area contributed by atoms with Crippen LogP contribution in [-0.4, -0.2) is 41.8 Å². The molecular formula is C8H14N4O3. The van der Waals surface area contributed by atoms with Gasteiger partial charge in [0.1, 0.15) is 0 Å². The maximum atomic E-state index is 11.2. The number of nitrogens with zero attached hydrogens (tertiary/aromatic N) is 1. The van der Waals surface area contributed by atoms with Crippen molar-refractivity contribution in [3.63, 3.8) is 0 Å². The van der Waals surface area contributed by atoms with Crippen molar-refractivity contribution in [2.45, 2.75) is 19.4 Å². The lowest BCUT2D eigenvalue weighted by atomic mass is 10.2. The van der Waals surface area contributed by atoms with E-state index in [2.05, 4.69) is 5.32 Å². The van der Waals surface area contributed by atoms with Gasteiger partial charge in [-0.05, 0) is 6.92 Å². The number of hydrazine groups is 1. The summed E-state index contributed by atoms with van der Waals surface area (Å²) in [6.07, 6.45) is 0.168. The summed E-state index contributed by atoms with van der Waals surface area (Å²) < 4.78 is 0. The van der Waals surface area contributed by atoms with Crippen molar-refractivity contribution in [1.82, 2.24) is 15.6 Å². The van der Waals surface area contributed by atoms with Crippen LogP contribution in [0.2, 0.25) is 0 Å². The molecule has 84 valence electrons. The van der Waals surface area contributed by atoms with Gasteiger partial charge in [-0.15, -0.1) is 0 Å². The number of amides is 3. The van der Waals surface area contributed by atoms with E-state index in [1.54, 1.807) is 11.8 Å². The van der Waals surface area contributed by atoms with Crippen LogP contribution in [0.1, 0.15) is 13.3 Å². The molecule has 0 aliphatic carbocycles. The third kappa shape index (κ3) is 3.00. The topological polar surface area (TPSA) is 105 Å². The standard InChI is InChI=1S/C8H14N4O3/c1-5-8(15)10-7(14)4-12(5)3-2-6(13)11-9/h5H,2-4,9H2,1H3,(H,11,13)(H,10,14,15). The average Bonchev–Trinajstić information content (AvgIpc) is 2.20. The minimum Gasteiger partial charge on any atom is -0.294 e. The number of imide groups is 1. The molecule has 0 bridgehead atoms. The Labute approximate surface area is 86.9 Å². The second-order valence-electron chi connectivity index (χ2n) is 3.38. The maximum absolute atomic E-state index is 11.2. The molecule has 1 unspecified atom stereocenters. The SMILES string of the molecule is CC1C(=O)NC(=O)CN1CCC(=O)NN. The van der Waals surface area contributed by atoms with E-state index >= 15 is 0 Å². The first kappa shape index (κ1) is 11.6. The normalized spacial score (nSPS) is 22.4. The Hall–Kier alpha value is -1.47. The predicted octanol–water partition coefficient (Wildman–Crippen LogP) is -2.29. The van der Waals surface area contributed by atoms with Gasteiger partial charge in [-0.3, -0.25) is 30.0 Å². The lowest BCUT2D eigenvalue weighted by Gasteiger charge is -2.31. The van der Waals surface area contributed by atoms with Crippen molar-refractivity contribution in [1.29, 1.82) is 0 Å². The fourth-order valence-corrected chi connectivity index (χ4v) is 1.36. The average molecular weight is 214 g/mol. The van der Waals surface area contributed by atoms with Crippen molar-refractivity contribution >= 4 is 17.7 Å². The van der Waals surface area contributed by atoms with E-state index in [9.17, 15) is 14.4 Å². The Kier molecular flexibility index (Phi) is 3.75. The van der Waals surface area contributed by atoms with Crippen LogP contribution in [0.4, 0.5) is 0 Å². The number of hydrogen-bond donors (Lipinski definition) is 3. The van der Waals surface area contributed by atoms with Crippen LogP contribution in [0, 0.1) is 0 Å². The number of nitrogens with one attached hydrogen (secondary N) is 2. The van der Waals surface area contributed by atoms with Crippen LogP contribution < -0.4 is 16.6 Å². The van der Waals surface area contributed by atoms with Crippen molar-refractivity contribution in [3.8, 4) is 0 Å². The molecule has 4 N–H and O–H groups in total. The summed E-state index contributed by atoms with van der Waals surface area (Å²) in [7, 11) is 0. The summed E-state index contributed by atoms with van der Waals surface area (Å²) in [5.41, 5.74) is 1.99. The molecule has 7 nitrogen and oxygen atoms in total.